The number of halogens is 1. The van der Waals surface area contributed by atoms with Crippen LogP contribution in [-0.2, 0) is 9.59 Å². The molecule has 0 spiro atoms. The highest BCUT2D eigenvalue weighted by Crippen LogP contribution is 2.48. The molecule has 0 bridgehead atoms. The van der Waals surface area contributed by atoms with Crippen LogP contribution in [0.4, 0.5) is 0 Å². The van der Waals surface area contributed by atoms with Gasteiger partial charge in [-0.3, -0.25) is 9.59 Å². The van der Waals surface area contributed by atoms with Gasteiger partial charge in [0.1, 0.15) is 6.04 Å². The normalized spacial score (nSPS) is 30.3. The second kappa shape index (κ2) is 5.95. The molecule has 4 nitrogen and oxygen atoms in total. The monoisotopic (exact) mass is 364 g/mol. The number of carbonyl (C=O) groups is 2. The number of amides is 2. The first-order valence-corrected chi connectivity index (χ1v) is 9.86. The van der Waals surface area contributed by atoms with Crippen molar-refractivity contribution in [3.05, 3.63) is 34.9 Å². The molecule has 6 heteroatoms. The van der Waals surface area contributed by atoms with Crippen molar-refractivity contribution in [2.24, 2.45) is 5.92 Å². The first-order valence-electron chi connectivity index (χ1n) is 8.50. The standard InChI is InChI=1S/C18H21ClN2O2S/c1-18-9-8-15(22)21(18)14(10-24-18)17(23)20-16(11-2-3-11)12-4-6-13(19)7-5-12/h4-7,11,14,16H,2-3,8-10H2,1H3,(H,20,23)/t14-,16+,18-/m0/s1. The van der Waals surface area contributed by atoms with E-state index in [1.54, 1.807) is 11.8 Å². The zero-order valence-corrected chi connectivity index (χ0v) is 15.2. The van der Waals surface area contributed by atoms with Crippen molar-refractivity contribution >= 4 is 35.2 Å². The van der Waals surface area contributed by atoms with Gasteiger partial charge in [-0.1, -0.05) is 23.7 Å². The number of benzene rings is 1. The third kappa shape index (κ3) is 2.82. The van der Waals surface area contributed by atoms with E-state index in [9.17, 15) is 9.59 Å². The predicted octanol–water partition coefficient (Wildman–Crippen LogP) is 3.36. The Morgan fingerprint density at radius 3 is 2.75 bits per heavy atom. The Bertz CT molecular complexity index is 676. The second-order valence-electron chi connectivity index (χ2n) is 7.14. The summed E-state index contributed by atoms with van der Waals surface area (Å²) in [6.07, 6.45) is 3.65. The Kier molecular flexibility index (Phi) is 4.04. The third-order valence-corrected chi connectivity index (χ3v) is 7.12. The maximum Gasteiger partial charge on any atom is 0.244 e. The van der Waals surface area contributed by atoms with Crippen LogP contribution in [-0.4, -0.2) is 33.4 Å². The fourth-order valence-electron chi connectivity index (χ4n) is 3.84. The maximum atomic E-state index is 12.9. The molecule has 1 aromatic carbocycles. The Morgan fingerprint density at radius 1 is 1.38 bits per heavy atom. The molecule has 0 radical (unpaired) electrons. The molecular formula is C18H21ClN2O2S. The first-order chi connectivity index (χ1) is 11.5. The van der Waals surface area contributed by atoms with Gasteiger partial charge in [-0.25, -0.2) is 0 Å². The molecule has 1 N–H and O–H groups in total. The van der Waals surface area contributed by atoms with Gasteiger partial charge in [0, 0.05) is 17.2 Å². The number of fused-ring (bicyclic) bond motifs is 1. The third-order valence-electron chi connectivity index (χ3n) is 5.37. The van der Waals surface area contributed by atoms with E-state index in [0.717, 1.165) is 24.8 Å². The van der Waals surface area contributed by atoms with Crippen molar-refractivity contribution in [2.75, 3.05) is 5.75 Å². The van der Waals surface area contributed by atoms with Crippen LogP contribution >= 0.6 is 23.4 Å². The quantitative estimate of drug-likeness (QED) is 0.891. The summed E-state index contributed by atoms with van der Waals surface area (Å²) in [6, 6.07) is 7.38. The summed E-state index contributed by atoms with van der Waals surface area (Å²) in [5.74, 6) is 1.27. The molecule has 4 rings (SSSR count). The maximum absolute atomic E-state index is 12.9. The molecule has 3 aliphatic rings. The van der Waals surface area contributed by atoms with E-state index in [2.05, 4.69) is 12.2 Å². The van der Waals surface area contributed by atoms with Gasteiger partial charge in [0.15, 0.2) is 0 Å². The number of nitrogens with zero attached hydrogens (tertiary/aromatic N) is 1. The minimum Gasteiger partial charge on any atom is -0.347 e. The molecular weight excluding hydrogens is 344 g/mol. The van der Waals surface area contributed by atoms with Crippen LogP contribution in [0.1, 0.15) is 44.2 Å². The summed E-state index contributed by atoms with van der Waals surface area (Å²) in [5, 5.41) is 3.92. The van der Waals surface area contributed by atoms with E-state index in [1.807, 2.05) is 29.2 Å². The SMILES string of the molecule is C[C@]12CCC(=O)N1[C@H](C(=O)N[C@@H](c1ccc(Cl)cc1)C1CC1)CS2. The fourth-order valence-corrected chi connectivity index (χ4v) is 5.40. The molecule has 3 fully saturated rings. The van der Waals surface area contributed by atoms with Crippen LogP contribution in [0.2, 0.25) is 5.02 Å². The number of hydrogen-bond donors (Lipinski definition) is 1. The summed E-state index contributed by atoms with van der Waals surface area (Å²) in [5.41, 5.74) is 1.09. The number of thioether (sulfide) groups is 1. The Balaban J connectivity index is 1.52. The van der Waals surface area contributed by atoms with Crippen LogP contribution in [0.5, 0.6) is 0 Å². The zero-order valence-electron chi connectivity index (χ0n) is 13.6. The van der Waals surface area contributed by atoms with Gasteiger partial charge in [-0.15, -0.1) is 11.8 Å². The highest BCUT2D eigenvalue weighted by molar-refractivity contribution is 8.01. The Hall–Kier alpha value is -1.20. The second-order valence-corrected chi connectivity index (χ2v) is 9.08. The first kappa shape index (κ1) is 16.3. The highest BCUT2D eigenvalue weighted by Gasteiger charge is 2.53. The van der Waals surface area contributed by atoms with Gasteiger partial charge < -0.3 is 10.2 Å². The van der Waals surface area contributed by atoms with Crippen LogP contribution in [0.15, 0.2) is 24.3 Å². The number of rotatable bonds is 4. The summed E-state index contributed by atoms with van der Waals surface area (Å²) in [7, 11) is 0. The van der Waals surface area contributed by atoms with Gasteiger partial charge >= 0.3 is 0 Å². The number of hydrogen-bond acceptors (Lipinski definition) is 3. The largest absolute Gasteiger partial charge is 0.347 e. The molecule has 2 aliphatic heterocycles. The molecule has 2 heterocycles. The van der Waals surface area contributed by atoms with Crippen molar-refractivity contribution in [1.82, 2.24) is 10.2 Å². The minimum absolute atomic E-state index is 0.0179. The predicted molar refractivity (Wildman–Crippen MR) is 95.8 cm³/mol. The Morgan fingerprint density at radius 2 is 2.08 bits per heavy atom. The molecule has 24 heavy (non-hydrogen) atoms. The van der Waals surface area contributed by atoms with E-state index >= 15 is 0 Å². The lowest BCUT2D eigenvalue weighted by molar-refractivity contribution is -0.138. The molecule has 2 amide bonds. The lowest BCUT2D eigenvalue weighted by Gasteiger charge is -2.31. The van der Waals surface area contributed by atoms with Gasteiger partial charge in [0.05, 0.1) is 10.9 Å². The average Bonchev–Trinajstić information content (AvgIpc) is 3.28. The zero-order chi connectivity index (χ0) is 16.9. The summed E-state index contributed by atoms with van der Waals surface area (Å²) < 4.78 is 0. The number of nitrogens with one attached hydrogen (secondary N) is 1. The molecule has 128 valence electrons. The lowest BCUT2D eigenvalue weighted by atomic mass is 10.0. The van der Waals surface area contributed by atoms with Gasteiger partial charge in [0.2, 0.25) is 11.8 Å². The van der Waals surface area contributed by atoms with Gasteiger partial charge in [0.25, 0.3) is 0 Å². The van der Waals surface area contributed by atoms with Crippen molar-refractivity contribution in [3.8, 4) is 0 Å². The van der Waals surface area contributed by atoms with Crippen LogP contribution in [0.3, 0.4) is 0 Å². The molecule has 1 aliphatic carbocycles. The topological polar surface area (TPSA) is 49.4 Å². The smallest absolute Gasteiger partial charge is 0.244 e. The van der Waals surface area contributed by atoms with E-state index in [0.29, 0.717) is 23.1 Å². The Labute approximate surface area is 151 Å². The van der Waals surface area contributed by atoms with Crippen molar-refractivity contribution in [3.63, 3.8) is 0 Å². The van der Waals surface area contributed by atoms with Crippen molar-refractivity contribution < 1.29 is 9.59 Å². The van der Waals surface area contributed by atoms with Crippen molar-refractivity contribution in [1.29, 1.82) is 0 Å². The van der Waals surface area contributed by atoms with Gasteiger partial charge in [-0.2, -0.15) is 0 Å². The molecule has 1 aromatic rings. The molecule has 0 unspecified atom stereocenters. The van der Waals surface area contributed by atoms with Crippen LogP contribution in [0.25, 0.3) is 0 Å². The summed E-state index contributed by atoms with van der Waals surface area (Å²) in [6.45, 7) is 2.08. The fraction of sp³-hybridized carbons (Fsp3) is 0.556. The summed E-state index contributed by atoms with van der Waals surface area (Å²) in [4.78, 5) is 26.8. The van der Waals surface area contributed by atoms with Crippen molar-refractivity contribution in [2.45, 2.75) is 49.6 Å². The van der Waals surface area contributed by atoms with E-state index < -0.39 is 0 Å². The van der Waals surface area contributed by atoms with E-state index in [1.165, 1.54) is 0 Å². The summed E-state index contributed by atoms with van der Waals surface area (Å²) >= 11 is 7.71. The minimum atomic E-state index is -0.344. The molecule has 3 atom stereocenters. The average molecular weight is 365 g/mol. The molecule has 1 saturated carbocycles. The van der Waals surface area contributed by atoms with E-state index in [-0.39, 0.29) is 28.8 Å². The molecule has 2 saturated heterocycles. The van der Waals surface area contributed by atoms with Crippen LogP contribution < -0.4 is 5.32 Å². The lowest BCUT2D eigenvalue weighted by Crippen LogP contribution is -2.50. The highest BCUT2D eigenvalue weighted by atomic mass is 35.5. The molecule has 0 aromatic heterocycles. The number of carbonyl (C=O) groups excluding carboxylic acids is 2. The van der Waals surface area contributed by atoms with Crippen LogP contribution in [0, 0.1) is 5.92 Å². The van der Waals surface area contributed by atoms with Gasteiger partial charge in [-0.05, 0) is 49.8 Å². The van der Waals surface area contributed by atoms with E-state index in [4.69, 9.17) is 11.6 Å².